The molecular formula is C20H23FN2O4S2. The molecule has 2 aromatic rings. The molecule has 0 aliphatic carbocycles. The molecule has 9 heteroatoms. The second-order valence-corrected chi connectivity index (χ2v) is 11.9. The van der Waals surface area contributed by atoms with Gasteiger partial charge < -0.3 is 4.90 Å². The van der Waals surface area contributed by atoms with Crippen LogP contribution in [0.1, 0.15) is 0 Å². The monoisotopic (exact) mass is 438 g/mol. The minimum absolute atomic E-state index is 0.0334. The van der Waals surface area contributed by atoms with Gasteiger partial charge in [-0.05, 0) is 36.4 Å². The summed E-state index contributed by atoms with van der Waals surface area (Å²) >= 11 is 0. The number of sulfone groups is 2. The normalized spacial score (nSPS) is 25.2. The smallest absolute Gasteiger partial charge is 0.183 e. The fourth-order valence-electron chi connectivity index (χ4n) is 4.18. The third kappa shape index (κ3) is 4.17. The van der Waals surface area contributed by atoms with Crippen LogP contribution in [-0.2, 0) is 19.7 Å². The zero-order chi connectivity index (χ0) is 20.6. The molecule has 6 nitrogen and oxygen atoms in total. The first-order chi connectivity index (χ1) is 13.8. The predicted octanol–water partition coefficient (Wildman–Crippen LogP) is 1.59. The van der Waals surface area contributed by atoms with Crippen LogP contribution in [0.5, 0.6) is 0 Å². The number of anilines is 1. The van der Waals surface area contributed by atoms with Crippen molar-refractivity contribution in [2.75, 3.05) is 42.6 Å². The molecule has 2 aliphatic rings. The van der Waals surface area contributed by atoms with Crippen LogP contribution in [0.15, 0.2) is 59.5 Å². The molecule has 0 spiro atoms. The molecule has 29 heavy (non-hydrogen) atoms. The second kappa shape index (κ2) is 7.70. The molecule has 0 radical (unpaired) electrons. The van der Waals surface area contributed by atoms with E-state index >= 15 is 0 Å². The fraction of sp³-hybridized carbons (Fsp3) is 0.400. The molecule has 0 aromatic heterocycles. The average molecular weight is 439 g/mol. The van der Waals surface area contributed by atoms with Crippen molar-refractivity contribution in [3.8, 4) is 0 Å². The van der Waals surface area contributed by atoms with Gasteiger partial charge in [0.2, 0.25) is 0 Å². The Morgan fingerprint density at radius 2 is 1.48 bits per heavy atom. The summed E-state index contributed by atoms with van der Waals surface area (Å²) in [5, 5.41) is -1.04. The number of hydrogen-bond donors (Lipinski definition) is 0. The Balaban J connectivity index is 1.55. The Bertz CT molecular complexity index is 1070. The third-order valence-corrected chi connectivity index (χ3v) is 9.85. The molecule has 0 bridgehead atoms. The standard InChI is InChI=1S/C20H23FN2O4S2/c21-16-6-8-18(9-7-16)29(26,27)20-15-28(24,25)14-19(20)23-12-10-22(11-13-23)17-4-2-1-3-5-17/h1-9,19-20H,10-15H2. The SMILES string of the molecule is O=S1(=O)CC(N2CCN(c3ccccc3)CC2)C(S(=O)(=O)c2ccc(F)cc2)C1. The lowest BCUT2D eigenvalue weighted by Crippen LogP contribution is -2.55. The maximum absolute atomic E-state index is 13.2. The van der Waals surface area contributed by atoms with E-state index in [0.717, 1.165) is 17.8 Å². The van der Waals surface area contributed by atoms with Gasteiger partial charge in [-0.2, -0.15) is 0 Å². The molecule has 2 heterocycles. The number of piperazine rings is 1. The molecule has 156 valence electrons. The van der Waals surface area contributed by atoms with Crippen molar-refractivity contribution < 1.29 is 21.2 Å². The first-order valence-electron chi connectivity index (χ1n) is 9.50. The summed E-state index contributed by atoms with van der Waals surface area (Å²) in [5.41, 5.74) is 1.10. The molecular weight excluding hydrogens is 415 g/mol. The number of rotatable bonds is 4. The zero-order valence-corrected chi connectivity index (χ0v) is 17.4. The quantitative estimate of drug-likeness (QED) is 0.675. The Morgan fingerprint density at radius 1 is 0.862 bits per heavy atom. The first-order valence-corrected chi connectivity index (χ1v) is 12.9. The van der Waals surface area contributed by atoms with E-state index in [1.165, 1.54) is 12.1 Å². The lowest BCUT2D eigenvalue weighted by Gasteiger charge is -2.40. The van der Waals surface area contributed by atoms with E-state index in [4.69, 9.17) is 0 Å². The van der Waals surface area contributed by atoms with Crippen molar-refractivity contribution in [2.24, 2.45) is 0 Å². The summed E-state index contributed by atoms with van der Waals surface area (Å²) in [7, 11) is -7.36. The maximum atomic E-state index is 13.2. The van der Waals surface area contributed by atoms with Crippen molar-refractivity contribution in [3.63, 3.8) is 0 Å². The van der Waals surface area contributed by atoms with Crippen molar-refractivity contribution in [1.29, 1.82) is 0 Å². The number of nitrogens with zero attached hydrogens (tertiary/aromatic N) is 2. The van der Waals surface area contributed by atoms with E-state index in [9.17, 15) is 21.2 Å². The second-order valence-electron chi connectivity index (χ2n) is 7.54. The molecule has 4 rings (SSSR count). The summed E-state index contributed by atoms with van der Waals surface area (Å²) < 4.78 is 64.2. The van der Waals surface area contributed by atoms with Crippen LogP contribution in [0.4, 0.5) is 10.1 Å². The molecule has 2 saturated heterocycles. The van der Waals surface area contributed by atoms with Gasteiger partial charge in [0.15, 0.2) is 19.7 Å². The molecule has 2 aliphatic heterocycles. The number of benzene rings is 2. The van der Waals surface area contributed by atoms with Gasteiger partial charge in [-0.25, -0.2) is 21.2 Å². The molecule has 2 aromatic carbocycles. The zero-order valence-electron chi connectivity index (χ0n) is 15.8. The van der Waals surface area contributed by atoms with E-state index in [0.29, 0.717) is 26.2 Å². The topological polar surface area (TPSA) is 74.8 Å². The molecule has 2 unspecified atom stereocenters. The number of halogens is 1. The Morgan fingerprint density at radius 3 is 2.10 bits per heavy atom. The molecule has 0 N–H and O–H groups in total. The summed E-state index contributed by atoms with van der Waals surface area (Å²) in [6, 6.07) is 13.9. The minimum atomic E-state index is -3.89. The van der Waals surface area contributed by atoms with Gasteiger partial charge in [0.1, 0.15) is 5.82 Å². The third-order valence-electron chi connectivity index (χ3n) is 5.72. The van der Waals surface area contributed by atoms with Crippen LogP contribution in [0, 0.1) is 5.82 Å². The van der Waals surface area contributed by atoms with Gasteiger partial charge >= 0.3 is 0 Å². The Hall–Kier alpha value is -1.97. The summed E-state index contributed by atoms with van der Waals surface area (Å²) in [6.45, 7) is 2.57. The van der Waals surface area contributed by atoms with Crippen LogP contribution < -0.4 is 4.90 Å². The first kappa shape index (κ1) is 20.3. The number of para-hydroxylation sites is 1. The molecule has 2 atom stereocenters. The highest BCUT2D eigenvalue weighted by atomic mass is 32.2. The van der Waals surface area contributed by atoms with Crippen LogP contribution in [0.2, 0.25) is 0 Å². The molecule has 2 fully saturated rings. The highest BCUT2D eigenvalue weighted by Crippen LogP contribution is 2.30. The molecule has 0 saturated carbocycles. The van der Waals surface area contributed by atoms with Crippen molar-refractivity contribution in [1.82, 2.24) is 4.90 Å². The minimum Gasteiger partial charge on any atom is -0.369 e. The van der Waals surface area contributed by atoms with Crippen LogP contribution in [0.25, 0.3) is 0 Å². The maximum Gasteiger partial charge on any atom is 0.183 e. The van der Waals surface area contributed by atoms with Crippen LogP contribution >= 0.6 is 0 Å². The van der Waals surface area contributed by atoms with E-state index in [1.807, 2.05) is 35.2 Å². The highest BCUT2D eigenvalue weighted by Gasteiger charge is 2.48. The largest absolute Gasteiger partial charge is 0.369 e. The van der Waals surface area contributed by atoms with Crippen LogP contribution in [-0.4, -0.2) is 70.7 Å². The Kier molecular flexibility index (Phi) is 5.39. The molecule has 0 amide bonds. The lowest BCUT2D eigenvalue weighted by atomic mass is 10.1. The van der Waals surface area contributed by atoms with Gasteiger partial charge in [-0.1, -0.05) is 18.2 Å². The van der Waals surface area contributed by atoms with Gasteiger partial charge in [0.25, 0.3) is 0 Å². The van der Waals surface area contributed by atoms with Gasteiger partial charge in [0.05, 0.1) is 21.7 Å². The average Bonchev–Trinajstić information content (AvgIpc) is 3.05. The highest BCUT2D eigenvalue weighted by molar-refractivity contribution is 7.96. The van der Waals surface area contributed by atoms with Gasteiger partial charge in [-0.3, -0.25) is 4.90 Å². The van der Waals surface area contributed by atoms with E-state index in [-0.39, 0.29) is 10.6 Å². The van der Waals surface area contributed by atoms with E-state index in [1.54, 1.807) is 0 Å². The number of hydrogen-bond acceptors (Lipinski definition) is 6. The van der Waals surface area contributed by atoms with Crippen molar-refractivity contribution in [3.05, 3.63) is 60.4 Å². The Labute approximate surface area is 170 Å². The van der Waals surface area contributed by atoms with E-state index < -0.39 is 42.5 Å². The van der Waals surface area contributed by atoms with Crippen molar-refractivity contribution in [2.45, 2.75) is 16.2 Å². The summed E-state index contributed by atoms with van der Waals surface area (Å²) in [4.78, 5) is 4.16. The summed E-state index contributed by atoms with van der Waals surface area (Å²) in [5.74, 6) is -1.09. The van der Waals surface area contributed by atoms with Gasteiger partial charge in [-0.15, -0.1) is 0 Å². The fourth-order valence-corrected chi connectivity index (χ4v) is 9.01. The lowest BCUT2D eigenvalue weighted by molar-refractivity contribution is 0.201. The van der Waals surface area contributed by atoms with E-state index in [2.05, 4.69) is 4.90 Å². The van der Waals surface area contributed by atoms with Crippen molar-refractivity contribution >= 4 is 25.4 Å². The van der Waals surface area contributed by atoms with Gasteiger partial charge in [0, 0.05) is 37.9 Å². The predicted molar refractivity (Wildman–Crippen MR) is 110 cm³/mol. The van der Waals surface area contributed by atoms with Crippen LogP contribution in [0.3, 0.4) is 0 Å². The summed E-state index contributed by atoms with van der Waals surface area (Å²) in [6.07, 6.45) is 0.